The fourth-order valence-corrected chi connectivity index (χ4v) is 2.44. The molecular formula is C15H23N3O2. The number of carbonyl (C=O) groups excluding carboxylic acids is 1. The lowest BCUT2D eigenvalue weighted by Crippen LogP contribution is -2.49. The molecule has 2 rings (SSSR count). The van der Waals surface area contributed by atoms with Crippen LogP contribution in [-0.4, -0.2) is 48.6 Å². The second-order valence-electron chi connectivity index (χ2n) is 5.08. The molecule has 1 aliphatic rings. The number of aromatic nitrogens is 1. The SMILES string of the molecule is COCCN(Cc1ccccn1)C(=O)[C@@H]1CCCCN1. The Hall–Kier alpha value is -1.46. The van der Waals surface area contributed by atoms with E-state index in [1.165, 1.54) is 0 Å². The van der Waals surface area contributed by atoms with Crippen LogP contribution in [0.3, 0.4) is 0 Å². The van der Waals surface area contributed by atoms with Crippen molar-refractivity contribution in [1.29, 1.82) is 0 Å². The predicted molar refractivity (Wildman–Crippen MR) is 77.2 cm³/mol. The van der Waals surface area contributed by atoms with Crippen molar-refractivity contribution in [1.82, 2.24) is 15.2 Å². The molecule has 1 aromatic heterocycles. The molecule has 0 saturated carbocycles. The molecule has 0 aromatic carbocycles. The topological polar surface area (TPSA) is 54.5 Å². The van der Waals surface area contributed by atoms with E-state index in [4.69, 9.17) is 4.74 Å². The summed E-state index contributed by atoms with van der Waals surface area (Å²) in [6, 6.07) is 5.72. The van der Waals surface area contributed by atoms with Gasteiger partial charge in [0.15, 0.2) is 0 Å². The Morgan fingerprint density at radius 3 is 3.05 bits per heavy atom. The third kappa shape index (κ3) is 4.28. The van der Waals surface area contributed by atoms with Crippen molar-refractivity contribution in [3.05, 3.63) is 30.1 Å². The average molecular weight is 277 g/mol. The van der Waals surface area contributed by atoms with Gasteiger partial charge < -0.3 is 15.0 Å². The number of pyridine rings is 1. The molecule has 1 aliphatic heterocycles. The fraction of sp³-hybridized carbons (Fsp3) is 0.600. The zero-order valence-corrected chi connectivity index (χ0v) is 12.0. The van der Waals surface area contributed by atoms with Crippen LogP contribution in [0.25, 0.3) is 0 Å². The molecule has 2 heterocycles. The van der Waals surface area contributed by atoms with Crippen LogP contribution in [-0.2, 0) is 16.1 Å². The summed E-state index contributed by atoms with van der Waals surface area (Å²) in [6.45, 7) is 2.62. The molecule has 0 spiro atoms. The van der Waals surface area contributed by atoms with E-state index in [-0.39, 0.29) is 11.9 Å². The molecule has 0 radical (unpaired) electrons. The van der Waals surface area contributed by atoms with E-state index in [2.05, 4.69) is 10.3 Å². The Morgan fingerprint density at radius 1 is 1.50 bits per heavy atom. The van der Waals surface area contributed by atoms with Gasteiger partial charge in [-0.3, -0.25) is 9.78 Å². The highest BCUT2D eigenvalue weighted by molar-refractivity contribution is 5.82. The summed E-state index contributed by atoms with van der Waals surface area (Å²) in [7, 11) is 1.66. The van der Waals surface area contributed by atoms with Gasteiger partial charge in [0.25, 0.3) is 0 Å². The highest BCUT2D eigenvalue weighted by atomic mass is 16.5. The summed E-state index contributed by atoms with van der Waals surface area (Å²) in [5, 5.41) is 3.31. The van der Waals surface area contributed by atoms with Gasteiger partial charge in [-0.1, -0.05) is 12.5 Å². The van der Waals surface area contributed by atoms with E-state index < -0.39 is 0 Å². The number of nitrogens with zero attached hydrogens (tertiary/aromatic N) is 2. The van der Waals surface area contributed by atoms with E-state index >= 15 is 0 Å². The number of ether oxygens (including phenoxy) is 1. The maximum atomic E-state index is 12.6. The molecule has 5 heteroatoms. The normalized spacial score (nSPS) is 18.8. The van der Waals surface area contributed by atoms with Crippen molar-refractivity contribution in [2.24, 2.45) is 0 Å². The van der Waals surface area contributed by atoms with Crippen LogP contribution in [0.2, 0.25) is 0 Å². The molecule has 1 amide bonds. The molecule has 110 valence electrons. The minimum atomic E-state index is -0.0516. The lowest BCUT2D eigenvalue weighted by molar-refractivity contribution is -0.135. The van der Waals surface area contributed by atoms with E-state index in [1.54, 1.807) is 13.3 Å². The third-order valence-corrected chi connectivity index (χ3v) is 3.56. The summed E-state index contributed by atoms with van der Waals surface area (Å²) >= 11 is 0. The number of piperidine rings is 1. The summed E-state index contributed by atoms with van der Waals surface area (Å²) in [6.07, 6.45) is 4.95. The van der Waals surface area contributed by atoms with E-state index in [0.29, 0.717) is 19.7 Å². The molecular weight excluding hydrogens is 254 g/mol. The highest BCUT2D eigenvalue weighted by Crippen LogP contribution is 2.11. The molecule has 1 fully saturated rings. The minimum absolute atomic E-state index is 0.0516. The van der Waals surface area contributed by atoms with Crippen molar-refractivity contribution in [2.45, 2.75) is 31.8 Å². The molecule has 1 saturated heterocycles. The standard InChI is InChI=1S/C15H23N3O2/c1-20-11-10-18(12-13-6-2-4-8-16-13)15(19)14-7-3-5-9-17-14/h2,4,6,8,14,17H,3,5,7,9-12H2,1H3/t14-/m0/s1. The summed E-state index contributed by atoms with van der Waals surface area (Å²) in [5.74, 6) is 0.160. The van der Waals surface area contributed by atoms with Crippen molar-refractivity contribution in [3.63, 3.8) is 0 Å². The Balaban J connectivity index is 2.00. The summed E-state index contributed by atoms with van der Waals surface area (Å²) in [5.41, 5.74) is 0.910. The lowest BCUT2D eigenvalue weighted by atomic mass is 10.0. The van der Waals surface area contributed by atoms with Gasteiger partial charge in [0.2, 0.25) is 5.91 Å². The quantitative estimate of drug-likeness (QED) is 0.849. The first-order valence-corrected chi connectivity index (χ1v) is 7.22. The molecule has 5 nitrogen and oxygen atoms in total. The van der Waals surface area contributed by atoms with Gasteiger partial charge in [-0.25, -0.2) is 0 Å². The first-order chi connectivity index (χ1) is 9.81. The van der Waals surface area contributed by atoms with E-state index in [1.807, 2.05) is 23.1 Å². The van der Waals surface area contributed by atoms with Gasteiger partial charge in [-0.15, -0.1) is 0 Å². The van der Waals surface area contributed by atoms with Crippen LogP contribution in [0.4, 0.5) is 0 Å². The molecule has 0 bridgehead atoms. The molecule has 1 aromatic rings. The Bertz CT molecular complexity index is 405. The van der Waals surface area contributed by atoms with Crippen molar-refractivity contribution < 1.29 is 9.53 Å². The molecule has 1 atom stereocenters. The van der Waals surface area contributed by atoms with Crippen LogP contribution >= 0.6 is 0 Å². The predicted octanol–water partition coefficient (Wildman–Crippen LogP) is 1.20. The lowest BCUT2D eigenvalue weighted by Gasteiger charge is -2.29. The van der Waals surface area contributed by atoms with Gasteiger partial charge in [-0.05, 0) is 31.5 Å². The third-order valence-electron chi connectivity index (χ3n) is 3.56. The number of hydrogen-bond donors (Lipinski definition) is 1. The second-order valence-corrected chi connectivity index (χ2v) is 5.08. The first-order valence-electron chi connectivity index (χ1n) is 7.22. The minimum Gasteiger partial charge on any atom is -0.383 e. The average Bonchev–Trinajstić information content (AvgIpc) is 2.52. The molecule has 1 N–H and O–H groups in total. The Morgan fingerprint density at radius 2 is 2.40 bits per heavy atom. The summed E-state index contributed by atoms with van der Waals surface area (Å²) < 4.78 is 5.11. The van der Waals surface area contributed by atoms with Gasteiger partial charge >= 0.3 is 0 Å². The highest BCUT2D eigenvalue weighted by Gasteiger charge is 2.25. The number of nitrogens with one attached hydrogen (secondary N) is 1. The van der Waals surface area contributed by atoms with Crippen LogP contribution in [0.5, 0.6) is 0 Å². The molecule has 0 unspecified atom stereocenters. The van der Waals surface area contributed by atoms with Crippen LogP contribution in [0, 0.1) is 0 Å². The molecule has 20 heavy (non-hydrogen) atoms. The monoisotopic (exact) mass is 277 g/mol. The largest absolute Gasteiger partial charge is 0.383 e. The number of hydrogen-bond acceptors (Lipinski definition) is 4. The van der Waals surface area contributed by atoms with Crippen molar-refractivity contribution >= 4 is 5.91 Å². The first kappa shape index (κ1) is 14.9. The maximum Gasteiger partial charge on any atom is 0.240 e. The van der Waals surface area contributed by atoms with Gasteiger partial charge in [-0.2, -0.15) is 0 Å². The Kier molecular flexibility index (Phi) is 5.95. The number of carbonyl (C=O) groups is 1. The molecule has 0 aliphatic carbocycles. The van der Waals surface area contributed by atoms with E-state index in [0.717, 1.165) is 31.5 Å². The summed E-state index contributed by atoms with van der Waals surface area (Å²) in [4.78, 5) is 18.7. The van der Waals surface area contributed by atoms with E-state index in [9.17, 15) is 4.79 Å². The zero-order chi connectivity index (χ0) is 14.2. The van der Waals surface area contributed by atoms with Crippen molar-refractivity contribution in [3.8, 4) is 0 Å². The number of rotatable bonds is 6. The number of methoxy groups -OCH3 is 1. The van der Waals surface area contributed by atoms with Crippen LogP contribution in [0.15, 0.2) is 24.4 Å². The van der Waals surface area contributed by atoms with Gasteiger partial charge in [0.1, 0.15) is 0 Å². The van der Waals surface area contributed by atoms with Crippen LogP contribution in [0.1, 0.15) is 25.0 Å². The van der Waals surface area contributed by atoms with Gasteiger partial charge in [0, 0.05) is 19.9 Å². The van der Waals surface area contributed by atoms with Gasteiger partial charge in [0.05, 0.1) is 24.9 Å². The Labute approximate surface area is 120 Å². The van der Waals surface area contributed by atoms with Crippen LogP contribution < -0.4 is 5.32 Å². The zero-order valence-electron chi connectivity index (χ0n) is 12.0. The number of amides is 1. The maximum absolute atomic E-state index is 12.6. The fourth-order valence-electron chi connectivity index (χ4n) is 2.44. The smallest absolute Gasteiger partial charge is 0.240 e. The van der Waals surface area contributed by atoms with Crippen molar-refractivity contribution in [2.75, 3.05) is 26.8 Å². The second kappa shape index (κ2) is 7.97.